The molecule has 1 aromatic rings. The van der Waals surface area contributed by atoms with Gasteiger partial charge in [-0.15, -0.1) is 0 Å². The summed E-state index contributed by atoms with van der Waals surface area (Å²) < 4.78 is 0. The van der Waals surface area contributed by atoms with Crippen molar-refractivity contribution in [1.29, 1.82) is 0 Å². The minimum absolute atomic E-state index is 0.366. The lowest BCUT2D eigenvalue weighted by Gasteiger charge is -2.16. The van der Waals surface area contributed by atoms with E-state index in [0.717, 1.165) is 16.7 Å². The van der Waals surface area contributed by atoms with E-state index < -0.39 is 0 Å². The summed E-state index contributed by atoms with van der Waals surface area (Å²) in [5.74, 6) is 0. The SMILES string of the molecule is CC(O)CNCc1c(CN)cccc1CC(C)O. The minimum Gasteiger partial charge on any atom is -0.393 e. The number of hydrogen-bond acceptors (Lipinski definition) is 4. The second kappa shape index (κ2) is 7.48. The summed E-state index contributed by atoms with van der Waals surface area (Å²) in [5, 5.41) is 22.0. The summed E-state index contributed by atoms with van der Waals surface area (Å²) in [6.45, 7) is 5.23. The number of hydrogen-bond donors (Lipinski definition) is 4. The highest BCUT2D eigenvalue weighted by atomic mass is 16.3. The van der Waals surface area contributed by atoms with Crippen LogP contribution in [-0.4, -0.2) is 29.0 Å². The first-order valence-electron chi connectivity index (χ1n) is 6.41. The lowest BCUT2D eigenvalue weighted by atomic mass is 9.97. The Morgan fingerprint density at radius 1 is 1.17 bits per heavy atom. The third kappa shape index (κ3) is 4.74. The van der Waals surface area contributed by atoms with Gasteiger partial charge in [0.2, 0.25) is 0 Å². The van der Waals surface area contributed by atoms with E-state index in [-0.39, 0.29) is 12.2 Å². The highest BCUT2D eigenvalue weighted by Gasteiger charge is 2.09. The average molecular weight is 252 g/mol. The third-order valence-corrected chi connectivity index (χ3v) is 2.85. The summed E-state index contributed by atoms with van der Waals surface area (Å²) in [5.41, 5.74) is 9.09. The van der Waals surface area contributed by atoms with Crippen LogP contribution in [0.3, 0.4) is 0 Å². The highest BCUT2D eigenvalue weighted by molar-refractivity contribution is 5.35. The van der Waals surface area contributed by atoms with Crippen LogP contribution in [0.5, 0.6) is 0 Å². The molecule has 0 aliphatic heterocycles. The number of rotatable bonds is 7. The molecule has 0 saturated heterocycles. The Hall–Kier alpha value is -0.940. The zero-order chi connectivity index (χ0) is 13.5. The van der Waals surface area contributed by atoms with E-state index in [1.807, 2.05) is 18.2 Å². The van der Waals surface area contributed by atoms with Crippen LogP contribution in [-0.2, 0) is 19.5 Å². The minimum atomic E-state index is -0.367. The van der Waals surface area contributed by atoms with Crippen LogP contribution in [0.1, 0.15) is 30.5 Å². The van der Waals surface area contributed by atoms with Gasteiger partial charge in [-0.1, -0.05) is 18.2 Å². The van der Waals surface area contributed by atoms with Crippen LogP contribution < -0.4 is 11.1 Å². The van der Waals surface area contributed by atoms with Gasteiger partial charge in [-0.05, 0) is 37.0 Å². The number of benzene rings is 1. The summed E-state index contributed by atoms with van der Waals surface area (Å²) >= 11 is 0. The fraction of sp³-hybridized carbons (Fsp3) is 0.571. The zero-order valence-corrected chi connectivity index (χ0v) is 11.2. The molecule has 0 amide bonds. The van der Waals surface area contributed by atoms with Crippen molar-refractivity contribution in [3.8, 4) is 0 Å². The third-order valence-electron chi connectivity index (χ3n) is 2.85. The quantitative estimate of drug-likeness (QED) is 0.571. The van der Waals surface area contributed by atoms with Crippen molar-refractivity contribution in [2.75, 3.05) is 6.54 Å². The molecule has 0 bridgehead atoms. The Morgan fingerprint density at radius 3 is 2.39 bits per heavy atom. The predicted molar refractivity (Wildman–Crippen MR) is 73.1 cm³/mol. The maximum absolute atomic E-state index is 9.52. The maximum atomic E-state index is 9.52. The van der Waals surface area contributed by atoms with E-state index in [0.29, 0.717) is 26.1 Å². The first-order valence-corrected chi connectivity index (χ1v) is 6.41. The molecule has 0 aromatic heterocycles. The summed E-state index contributed by atoms with van der Waals surface area (Å²) in [4.78, 5) is 0. The summed E-state index contributed by atoms with van der Waals surface area (Å²) in [6, 6.07) is 5.99. The molecule has 18 heavy (non-hydrogen) atoms. The smallest absolute Gasteiger partial charge is 0.0636 e. The lowest BCUT2D eigenvalue weighted by molar-refractivity contribution is 0.189. The largest absolute Gasteiger partial charge is 0.393 e. The highest BCUT2D eigenvalue weighted by Crippen LogP contribution is 2.16. The molecule has 0 fully saturated rings. The van der Waals surface area contributed by atoms with Gasteiger partial charge in [-0.25, -0.2) is 0 Å². The predicted octanol–water partition coefficient (Wildman–Crippen LogP) is 0.539. The Balaban J connectivity index is 2.82. The Bertz CT molecular complexity index is 365. The van der Waals surface area contributed by atoms with Gasteiger partial charge < -0.3 is 21.3 Å². The second-order valence-corrected chi connectivity index (χ2v) is 4.79. The van der Waals surface area contributed by atoms with E-state index in [2.05, 4.69) is 5.32 Å². The lowest BCUT2D eigenvalue weighted by Crippen LogP contribution is -2.25. The molecule has 0 spiro atoms. The van der Waals surface area contributed by atoms with Crippen LogP contribution >= 0.6 is 0 Å². The molecular formula is C14H24N2O2. The maximum Gasteiger partial charge on any atom is 0.0636 e. The van der Waals surface area contributed by atoms with Gasteiger partial charge in [0.15, 0.2) is 0 Å². The fourth-order valence-electron chi connectivity index (χ4n) is 2.02. The van der Waals surface area contributed by atoms with E-state index in [1.54, 1.807) is 13.8 Å². The Kier molecular flexibility index (Phi) is 6.29. The monoisotopic (exact) mass is 252 g/mol. The van der Waals surface area contributed by atoms with Gasteiger partial charge in [0.05, 0.1) is 12.2 Å². The van der Waals surface area contributed by atoms with Crippen LogP contribution in [0, 0.1) is 0 Å². The van der Waals surface area contributed by atoms with Gasteiger partial charge in [0, 0.05) is 19.6 Å². The van der Waals surface area contributed by atoms with E-state index in [1.165, 1.54) is 0 Å². The Labute approximate surface area is 109 Å². The molecule has 0 aliphatic rings. The van der Waals surface area contributed by atoms with Crippen molar-refractivity contribution in [1.82, 2.24) is 5.32 Å². The molecule has 1 aromatic carbocycles. The van der Waals surface area contributed by atoms with Gasteiger partial charge in [-0.2, -0.15) is 0 Å². The molecule has 102 valence electrons. The fourth-order valence-corrected chi connectivity index (χ4v) is 2.02. The van der Waals surface area contributed by atoms with E-state index >= 15 is 0 Å². The number of aliphatic hydroxyl groups is 2. The van der Waals surface area contributed by atoms with Gasteiger partial charge >= 0.3 is 0 Å². The number of nitrogens with one attached hydrogen (secondary N) is 1. The van der Waals surface area contributed by atoms with Crippen molar-refractivity contribution < 1.29 is 10.2 Å². The zero-order valence-electron chi connectivity index (χ0n) is 11.2. The van der Waals surface area contributed by atoms with Crippen molar-refractivity contribution >= 4 is 0 Å². The summed E-state index contributed by atoms with van der Waals surface area (Å²) in [7, 11) is 0. The Morgan fingerprint density at radius 2 is 1.83 bits per heavy atom. The average Bonchev–Trinajstić information content (AvgIpc) is 2.29. The molecule has 5 N–H and O–H groups in total. The molecule has 2 unspecified atom stereocenters. The number of nitrogens with two attached hydrogens (primary N) is 1. The molecule has 4 heteroatoms. The molecule has 0 aliphatic carbocycles. The van der Waals surface area contributed by atoms with Gasteiger partial charge in [-0.3, -0.25) is 0 Å². The molecule has 1 rings (SSSR count). The molecule has 0 heterocycles. The van der Waals surface area contributed by atoms with Crippen LogP contribution in [0.25, 0.3) is 0 Å². The van der Waals surface area contributed by atoms with Gasteiger partial charge in [0.25, 0.3) is 0 Å². The molecule has 4 nitrogen and oxygen atoms in total. The summed E-state index contributed by atoms with van der Waals surface area (Å²) in [6.07, 6.45) is -0.108. The standard InChI is InChI=1S/C14H24N2O2/c1-10(17)6-12-4-3-5-13(7-15)14(12)9-16-8-11(2)18/h3-5,10-11,16-18H,6-9,15H2,1-2H3. The first kappa shape index (κ1) is 15.1. The normalized spacial score (nSPS) is 14.5. The number of aliphatic hydroxyl groups excluding tert-OH is 2. The van der Waals surface area contributed by atoms with E-state index in [4.69, 9.17) is 5.73 Å². The molecule has 0 radical (unpaired) electrons. The van der Waals surface area contributed by atoms with Gasteiger partial charge in [0.1, 0.15) is 0 Å². The van der Waals surface area contributed by atoms with E-state index in [9.17, 15) is 10.2 Å². The molecule has 2 atom stereocenters. The molecular weight excluding hydrogens is 228 g/mol. The van der Waals surface area contributed by atoms with Crippen LogP contribution in [0.15, 0.2) is 18.2 Å². The first-order chi connectivity index (χ1) is 8.54. The van der Waals surface area contributed by atoms with Crippen LogP contribution in [0.2, 0.25) is 0 Å². The molecule has 0 saturated carbocycles. The van der Waals surface area contributed by atoms with Crippen molar-refractivity contribution in [3.63, 3.8) is 0 Å². The van der Waals surface area contributed by atoms with Crippen molar-refractivity contribution in [2.24, 2.45) is 5.73 Å². The second-order valence-electron chi connectivity index (χ2n) is 4.79. The topological polar surface area (TPSA) is 78.5 Å². The van der Waals surface area contributed by atoms with Crippen molar-refractivity contribution in [3.05, 3.63) is 34.9 Å². The van der Waals surface area contributed by atoms with Crippen molar-refractivity contribution in [2.45, 2.75) is 45.6 Å². The van der Waals surface area contributed by atoms with Crippen LogP contribution in [0.4, 0.5) is 0 Å².